The molecule has 1 aromatic rings. The molecule has 0 aliphatic rings. The lowest BCUT2D eigenvalue weighted by molar-refractivity contribution is 0.139. The molecule has 0 spiro atoms. The summed E-state index contributed by atoms with van der Waals surface area (Å²) in [5.74, 6) is 0. The number of nitrogens with zero attached hydrogens (tertiary/aromatic N) is 1. The maximum atomic E-state index is 6.02. The Balaban J connectivity index is 2.50. The average Bonchev–Trinajstić information content (AvgIpc) is 2.37. The van der Waals surface area contributed by atoms with Gasteiger partial charge in [-0.2, -0.15) is 0 Å². The molecule has 3 nitrogen and oxygen atoms in total. The van der Waals surface area contributed by atoms with Gasteiger partial charge in [-0.3, -0.25) is 4.90 Å². The van der Waals surface area contributed by atoms with Gasteiger partial charge in [0.2, 0.25) is 0 Å². The Labute approximate surface area is 105 Å². The molecular weight excluding hydrogens is 212 g/mol. The van der Waals surface area contributed by atoms with Gasteiger partial charge < -0.3 is 10.5 Å². The summed E-state index contributed by atoms with van der Waals surface area (Å²) in [7, 11) is 1.74. The lowest BCUT2D eigenvalue weighted by atomic mass is 10.2. The molecule has 2 N–H and O–H groups in total. The maximum Gasteiger partial charge on any atom is 0.0589 e. The molecule has 0 bridgehead atoms. The molecule has 0 unspecified atom stereocenters. The Hall–Kier alpha value is -0.900. The molecule has 0 saturated heterocycles. The van der Waals surface area contributed by atoms with E-state index in [9.17, 15) is 0 Å². The standard InChI is InChI=1S/C14H24N2O/c1-3-14(15)12-16(9-10-17-2)11-13-7-5-4-6-8-13/h4-8,14H,3,9-12,15H2,1-2H3/t14-/m1/s1. The molecule has 1 rings (SSSR count). The van der Waals surface area contributed by atoms with Crippen molar-refractivity contribution in [3.63, 3.8) is 0 Å². The van der Waals surface area contributed by atoms with Crippen molar-refractivity contribution in [2.45, 2.75) is 25.9 Å². The van der Waals surface area contributed by atoms with Gasteiger partial charge in [-0.05, 0) is 12.0 Å². The summed E-state index contributed by atoms with van der Waals surface area (Å²) in [6.45, 7) is 5.68. The van der Waals surface area contributed by atoms with Gasteiger partial charge >= 0.3 is 0 Å². The molecule has 0 aliphatic carbocycles. The van der Waals surface area contributed by atoms with Gasteiger partial charge in [0.05, 0.1) is 6.61 Å². The van der Waals surface area contributed by atoms with Gasteiger partial charge in [0, 0.05) is 32.8 Å². The van der Waals surface area contributed by atoms with E-state index in [0.717, 1.165) is 32.7 Å². The number of nitrogens with two attached hydrogens (primary N) is 1. The van der Waals surface area contributed by atoms with Crippen LogP contribution in [-0.2, 0) is 11.3 Å². The fraction of sp³-hybridized carbons (Fsp3) is 0.571. The maximum absolute atomic E-state index is 6.02. The zero-order valence-corrected chi connectivity index (χ0v) is 10.9. The van der Waals surface area contributed by atoms with Gasteiger partial charge in [-0.15, -0.1) is 0 Å². The summed E-state index contributed by atoms with van der Waals surface area (Å²) in [5, 5.41) is 0. The van der Waals surface area contributed by atoms with E-state index in [4.69, 9.17) is 10.5 Å². The first-order chi connectivity index (χ1) is 8.26. The molecule has 1 atom stereocenters. The fourth-order valence-corrected chi connectivity index (χ4v) is 1.76. The zero-order valence-electron chi connectivity index (χ0n) is 10.9. The number of hydrogen-bond donors (Lipinski definition) is 1. The van der Waals surface area contributed by atoms with Crippen LogP contribution in [0, 0.1) is 0 Å². The van der Waals surface area contributed by atoms with Crippen molar-refractivity contribution in [2.24, 2.45) is 5.73 Å². The predicted molar refractivity (Wildman–Crippen MR) is 71.9 cm³/mol. The Morgan fingerprint density at radius 2 is 2.00 bits per heavy atom. The molecule has 0 amide bonds. The van der Waals surface area contributed by atoms with Crippen LogP contribution in [0.3, 0.4) is 0 Å². The first-order valence-electron chi connectivity index (χ1n) is 6.27. The largest absolute Gasteiger partial charge is 0.383 e. The number of hydrogen-bond acceptors (Lipinski definition) is 3. The van der Waals surface area contributed by atoms with Crippen molar-refractivity contribution < 1.29 is 4.74 Å². The van der Waals surface area contributed by atoms with E-state index in [1.165, 1.54) is 5.56 Å². The summed E-state index contributed by atoms with van der Waals surface area (Å²) >= 11 is 0. The molecule has 96 valence electrons. The molecular formula is C14H24N2O. The minimum absolute atomic E-state index is 0.246. The van der Waals surface area contributed by atoms with Crippen molar-refractivity contribution in [3.05, 3.63) is 35.9 Å². The van der Waals surface area contributed by atoms with Gasteiger partial charge in [-0.25, -0.2) is 0 Å². The third-order valence-electron chi connectivity index (χ3n) is 2.88. The van der Waals surface area contributed by atoms with E-state index < -0.39 is 0 Å². The zero-order chi connectivity index (χ0) is 12.5. The van der Waals surface area contributed by atoms with E-state index in [1.54, 1.807) is 7.11 Å². The molecule has 0 heterocycles. The Morgan fingerprint density at radius 1 is 1.29 bits per heavy atom. The van der Waals surface area contributed by atoms with Crippen LogP contribution in [0.15, 0.2) is 30.3 Å². The van der Waals surface area contributed by atoms with Crippen molar-refractivity contribution in [3.8, 4) is 0 Å². The van der Waals surface area contributed by atoms with Crippen LogP contribution in [0.4, 0.5) is 0 Å². The van der Waals surface area contributed by atoms with E-state index in [-0.39, 0.29) is 6.04 Å². The first-order valence-corrected chi connectivity index (χ1v) is 6.27. The summed E-state index contributed by atoms with van der Waals surface area (Å²) in [5.41, 5.74) is 7.34. The summed E-state index contributed by atoms with van der Waals surface area (Å²) in [4.78, 5) is 2.35. The summed E-state index contributed by atoms with van der Waals surface area (Å²) in [6, 6.07) is 10.7. The Bertz CT molecular complexity index is 290. The van der Waals surface area contributed by atoms with Crippen molar-refractivity contribution >= 4 is 0 Å². The first kappa shape index (κ1) is 14.2. The minimum Gasteiger partial charge on any atom is -0.383 e. The normalized spacial score (nSPS) is 12.9. The number of benzene rings is 1. The average molecular weight is 236 g/mol. The second-order valence-corrected chi connectivity index (χ2v) is 4.38. The molecule has 0 fully saturated rings. The minimum atomic E-state index is 0.246. The lowest BCUT2D eigenvalue weighted by Gasteiger charge is -2.25. The third-order valence-corrected chi connectivity index (χ3v) is 2.88. The quantitative estimate of drug-likeness (QED) is 0.749. The van der Waals surface area contributed by atoms with Crippen molar-refractivity contribution in [1.82, 2.24) is 4.90 Å². The molecule has 1 aromatic carbocycles. The highest BCUT2D eigenvalue weighted by Gasteiger charge is 2.09. The number of ether oxygens (including phenoxy) is 1. The van der Waals surface area contributed by atoms with Gasteiger partial charge in [0.15, 0.2) is 0 Å². The molecule has 0 radical (unpaired) electrons. The van der Waals surface area contributed by atoms with Gasteiger partial charge in [-0.1, -0.05) is 37.3 Å². The van der Waals surface area contributed by atoms with E-state index in [0.29, 0.717) is 0 Å². The highest BCUT2D eigenvalue weighted by molar-refractivity contribution is 5.14. The molecule has 0 aliphatic heterocycles. The van der Waals surface area contributed by atoms with Crippen LogP contribution in [0.2, 0.25) is 0 Å². The smallest absolute Gasteiger partial charge is 0.0589 e. The second-order valence-electron chi connectivity index (χ2n) is 4.38. The lowest BCUT2D eigenvalue weighted by Crippen LogP contribution is -2.38. The SMILES string of the molecule is CC[C@@H](N)CN(CCOC)Cc1ccccc1. The van der Waals surface area contributed by atoms with Crippen LogP contribution < -0.4 is 5.73 Å². The van der Waals surface area contributed by atoms with Crippen molar-refractivity contribution in [1.29, 1.82) is 0 Å². The predicted octanol–water partition coefficient (Wildman–Crippen LogP) is 1.87. The summed E-state index contributed by atoms with van der Waals surface area (Å²) < 4.78 is 5.14. The molecule has 0 aromatic heterocycles. The van der Waals surface area contributed by atoms with Crippen LogP contribution >= 0.6 is 0 Å². The molecule has 3 heteroatoms. The molecule has 0 saturated carbocycles. The number of methoxy groups -OCH3 is 1. The Kier molecular flexibility index (Phi) is 6.86. The molecule has 17 heavy (non-hydrogen) atoms. The van der Waals surface area contributed by atoms with E-state index in [1.807, 2.05) is 6.07 Å². The van der Waals surface area contributed by atoms with Crippen LogP contribution in [0.1, 0.15) is 18.9 Å². The van der Waals surface area contributed by atoms with Gasteiger partial charge in [0.25, 0.3) is 0 Å². The highest BCUT2D eigenvalue weighted by atomic mass is 16.5. The van der Waals surface area contributed by atoms with E-state index in [2.05, 4.69) is 36.1 Å². The second kappa shape index (κ2) is 8.23. The van der Waals surface area contributed by atoms with Crippen LogP contribution in [0.25, 0.3) is 0 Å². The van der Waals surface area contributed by atoms with Crippen LogP contribution in [-0.4, -0.2) is 37.7 Å². The van der Waals surface area contributed by atoms with Gasteiger partial charge in [0.1, 0.15) is 0 Å². The van der Waals surface area contributed by atoms with E-state index >= 15 is 0 Å². The third kappa shape index (κ3) is 5.82. The number of rotatable bonds is 8. The van der Waals surface area contributed by atoms with Crippen LogP contribution in [0.5, 0.6) is 0 Å². The highest BCUT2D eigenvalue weighted by Crippen LogP contribution is 2.05. The monoisotopic (exact) mass is 236 g/mol. The fourth-order valence-electron chi connectivity index (χ4n) is 1.76. The topological polar surface area (TPSA) is 38.5 Å². The summed E-state index contributed by atoms with van der Waals surface area (Å²) in [6.07, 6.45) is 1.01. The van der Waals surface area contributed by atoms with Crippen molar-refractivity contribution in [2.75, 3.05) is 26.8 Å². The Morgan fingerprint density at radius 3 is 2.59 bits per heavy atom.